The van der Waals surface area contributed by atoms with Crippen LogP contribution in [0.2, 0.25) is 0 Å². The Balaban J connectivity index is 1.38. The summed E-state index contributed by atoms with van der Waals surface area (Å²) in [5.41, 5.74) is 2.93. The Morgan fingerprint density at radius 2 is 1.81 bits per heavy atom. The van der Waals surface area contributed by atoms with Crippen molar-refractivity contribution in [2.45, 2.75) is 13.5 Å². The van der Waals surface area contributed by atoms with Crippen molar-refractivity contribution < 1.29 is 24.0 Å². The number of nitro benzene ring substituents is 1. The third kappa shape index (κ3) is 6.16. The van der Waals surface area contributed by atoms with Crippen LogP contribution in [0.5, 0.6) is 5.75 Å². The lowest BCUT2D eigenvalue weighted by molar-refractivity contribution is -0.384. The Morgan fingerprint density at radius 3 is 2.50 bits per heavy atom. The Morgan fingerprint density at radius 1 is 1.08 bits per heavy atom. The monoisotopic (exact) mass is 503 g/mol. The Kier molecular flexibility index (Phi) is 7.45. The Bertz CT molecular complexity index is 1350. The molecule has 0 saturated carbocycles. The number of hydrogen-bond acceptors (Lipinski definition) is 7. The largest absolute Gasteiger partial charge is 0.484 e. The van der Waals surface area contributed by atoms with Crippen LogP contribution < -0.4 is 10.1 Å². The van der Waals surface area contributed by atoms with Crippen LogP contribution in [0.1, 0.15) is 16.7 Å². The van der Waals surface area contributed by atoms with Gasteiger partial charge in [-0.05, 0) is 60.2 Å². The second-order valence-corrected chi connectivity index (χ2v) is 8.96. The van der Waals surface area contributed by atoms with Crippen molar-refractivity contribution >= 4 is 46.3 Å². The molecule has 182 valence electrons. The minimum absolute atomic E-state index is 0.0131. The maximum Gasteiger partial charge on any atom is 0.293 e. The lowest BCUT2D eigenvalue weighted by Crippen LogP contribution is -2.27. The van der Waals surface area contributed by atoms with E-state index >= 15 is 0 Å². The van der Waals surface area contributed by atoms with Crippen molar-refractivity contribution in [1.29, 1.82) is 0 Å². The highest BCUT2D eigenvalue weighted by Gasteiger charge is 2.35. The minimum atomic E-state index is -0.513. The van der Waals surface area contributed by atoms with Gasteiger partial charge in [0.1, 0.15) is 5.75 Å². The number of anilines is 1. The Labute approximate surface area is 210 Å². The molecular weight excluding hydrogens is 482 g/mol. The summed E-state index contributed by atoms with van der Waals surface area (Å²) in [4.78, 5) is 49.1. The molecule has 1 N–H and O–H groups in total. The lowest BCUT2D eigenvalue weighted by Gasteiger charge is -2.12. The molecule has 9 nitrogen and oxygen atoms in total. The molecule has 1 aliphatic heterocycles. The number of amides is 3. The molecule has 3 aromatic carbocycles. The third-order valence-corrected chi connectivity index (χ3v) is 6.13. The highest BCUT2D eigenvalue weighted by atomic mass is 32.2. The molecule has 0 spiro atoms. The summed E-state index contributed by atoms with van der Waals surface area (Å²) in [6.07, 6.45) is 1.58. The molecule has 1 heterocycles. The predicted octanol–water partition coefficient (Wildman–Crippen LogP) is 5.16. The van der Waals surface area contributed by atoms with Crippen molar-refractivity contribution in [3.8, 4) is 5.75 Å². The number of nitrogens with one attached hydrogen (secondary N) is 1. The molecule has 0 radical (unpaired) electrons. The highest BCUT2D eigenvalue weighted by Crippen LogP contribution is 2.34. The minimum Gasteiger partial charge on any atom is -0.484 e. The molecule has 3 aromatic rings. The van der Waals surface area contributed by atoms with Crippen LogP contribution >= 0.6 is 11.8 Å². The van der Waals surface area contributed by atoms with Crippen LogP contribution in [0, 0.1) is 17.0 Å². The molecule has 0 atom stereocenters. The van der Waals surface area contributed by atoms with Crippen LogP contribution in [0.25, 0.3) is 6.08 Å². The molecule has 36 heavy (non-hydrogen) atoms. The van der Waals surface area contributed by atoms with Crippen molar-refractivity contribution in [3.05, 3.63) is 105 Å². The number of rotatable bonds is 8. The predicted molar refractivity (Wildman–Crippen MR) is 136 cm³/mol. The van der Waals surface area contributed by atoms with Gasteiger partial charge in [0.05, 0.1) is 16.4 Å². The smallest absolute Gasteiger partial charge is 0.293 e. The fraction of sp³-hybridized carbons (Fsp3) is 0.115. The molecule has 1 saturated heterocycles. The van der Waals surface area contributed by atoms with Gasteiger partial charge in [-0.15, -0.1) is 0 Å². The van der Waals surface area contributed by atoms with E-state index in [9.17, 15) is 24.5 Å². The SMILES string of the molecule is Cc1ccc(NC(=O)COc2cccc(/C=C3\SC(=O)N(Cc4ccc([N+](=O)[O-])cc4)C3=O)c2)cc1. The zero-order chi connectivity index (χ0) is 25.7. The van der Waals surface area contributed by atoms with E-state index in [0.717, 1.165) is 22.2 Å². The van der Waals surface area contributed by atoms with Gasteiger partial charge in [-0.2, -0.15) is 0 Å². The van der Waals surface area contributed by atoms with Gasteiger partial charge in [0.15, 0.2) is 6.61 Å². The van der Waals surface area contributed by atoms with Crippen molar-refractivity contribution in [2.75, 3.05) is 11.9 Å². The van der Waals surface area contributed by atoms with Crippen LogP contribution in [-0.2, 0) is 16.1 Å². The number of imide groups is 1. The summed E-state index contributed by atoms with van der Waals surface area (Å²) < 4.78 is 5.59. The fourth-order valence-corrected chi connectivity index (χ4v) is 4.21. The zero-order valence-corrected chi connectivity index (χ0v) is 20.0. The van der Waals surface area contributed by atoms with E-state index < -0.39 is 16.1 Å². The maximum atomic E-state index is 12.8. The number of aryl methyl sites for hydroxylation is 1. The average molecular weight is 504 g/mol. The number of non-ortho nitro benzene ring substituents is 1. The molecule has 1 aliphatic rings. The van der Waals surface area contributed by atoms with Gasteiger partial charge in [-0.25, -0.2) is 0 Å². The number of hydrogen-bond donors (Lipinski definition) is 1. The van der Waals surface area contributed by atoms with Gasteiger partial charge >= 0.3 is 0 Å². The molecule has 0 aromatic heterocycles. The normalized spacial score (nSPS) is 14.2. The number of benzene rings is 3. The second kappa shape index (κ2) is 10.9. The molecule has 0 aliphatic carbocycles. The van der Waals surface area contributed by atoms with E-state index in [1.807, 2.05) is 31.2 Å². The van der Waals surface area contributed by atoms with Gasteiger partial charge in [-0.1, -0.05) is 42.0 Å². The quantitative estimate of drug-likeness (QED) is 0.256. The first-order valence-corrected chi connectivity index (χ1v) is 11.7. The lowest BCUT2D eigenvalue weighted by atomic mass is 10.2. The van der Waals surface area contributed by atoms with E-state index in [-0.39, 0.29) is 29.7 Å². The number of thioether (sulfide) groups is 1. The highest BCUT2D eigenvalue weighted by molar-refractivity contribution is 8.18. The first-order valence-electron chi connectivity index (χ1n) is 10.9. The van der Waals surface area contributed by atoms with Gasteiger partial charge in [-0.3, -0.25) is 29.4 Å². The summed E-state index contributed by atoms with van der Waals surface area (Å²) in [6.45, 7) is 1.78. The van der Waals surface area contributed by atoms with E-state index in [4.69, 9.17) is 4.74 Å². The average Bonchev–Trinajstić information content (AvgIpc) is 3.12. The Hall–Kier alpha value is -4.44. The first-order chi connectivity index (χ1) is 17.3. The number of ether oxygens (including phenoxy) is 1. The number of nitrogens with zero attached hydrogens (tertiary/aromatic N) is 2. The zero-order valence-electron chi connectivity index (χ0n) is 19.2. The van der Waals surface area contributed by atoms with E-state index in [1.54, 1.807) is 30.3 Å². The topological polar surface area (TPSA) is 119 Å². The summed E-state index contributed by atoms with van der Waals surface area (Å²) in [7, 11) is 0. The summed E-state index contributed by atoms with van der Waals surface area (Å²) in [5, 5.41) is 13.1. The summed E-state index contributed by atoms with van der Waals surface area (Å²) in [6, 6.07) is 19.9. The third-order valence-electron chi connectivity index (χ3n) is 5.22. The van der Waals surface area contributed by atoms with E-state index in [1.165, 1.54) is 24.3 Å². The standard InChI is InChI=1S/C26H21N3O6S/c1-17-5-9-20(10-6-17)27-24(30)16-35-22-4-2-3-19(13-22)14-23-25(31)28(26(32)36-23)15-18-7-11-21(12-8-18)29(33)34/h2-14H,15-16H2,1H3,(H,27,30)/b23-14-. The van der Waals surface area contributed by atoms with Crippen molar-refractivity contribution in [2.24, 2.45) is 0 Å². The maximum absolute atomic E-state index is 12.8. The molecule has 1 fully saturated rings. The molecule has 4 rings (SSSR count). The van der Waals surface area contributed by atoms with Crippen molar-refractivity contribution in [1.82, 2.24) is 4.90 Å². The van der Waals surface area contributed by atoms with Gasteiger partial charge < -0.3 is 10.1 Å². The van der Waals surface area contributed by atoms with Crippen molar-refractivity contribution in [3.63, 3.8) is 0 Å². The van der Waals surface area contributed by atoms with Gasteiger partial charge in [0.2, 0.25) is 0 Å². The van der Waals surface area contributed by atoms with Crippen LogP contribution in [0.15, 0.2) is 77.7 Å². The van der Waals surface area contributed by atoms with Gasteiger partial charge in [0.25, 0.3) is 22.7 Å². The fourth-order valence-electron chi connectivity index (χ4n) is 3.37. The number of carbonyl (C=O) groups is 3. The second-order valence-electron chi connectivity index (χ2n) is 7.97. The summed E-state index contributed by atoms with van der Waals surface area (Å²) in [5.74, 6) is -0.323. The molecule has 10 heteroatoms. The molecule has 3 amide bonds. The van der Waals surface area contributed by atoms with E-state index in [0.29, 0.717) is 22.6 Å². The number of carbonyl (C=O) groups excluding carboxylic acids is 3. The van der Waals surface area contributed by atoms with Crippen LogP contribution in [0.3, 0.4) is 0 Å². The van der Waals surface area contributed by atoms with E-state index in [2.05, 4.69) is 5.32 Å². The molecule has 0 bridgehead atoms. The van der Waals surface area contributed by atoms with Gasteiger partial charge in [0, 0.05) is 17.8 Å². The number of nitro groups is 1. The van der Waals surface area contributed by atoms with Crippen LogP contribution in [-0.4, -0.2) is 33.5 Å². The molecule has 0 unspecified atom stereocenters. The summed E-state index contributed by atoms with van der Waals surface area (Å²) >= 11 is 0.816. The van der Waals surface area contributed by atoms with Crippen LogP contribution in [0.4, 0.5) is 16.2 Å². The molecular formula is C26H21N3O6S. The first kappa shape index (κ1) is 24.7.